The smallest absolute Gasteiger partial charge is 0.261 e. The minimum Gasteiger partial charge on any atom is -0.346 e. The fourth-order valence-corrected chi connectivity index (χ4v) is 0.936. The number of anilines is 1. The monoisotopic (exact) mass is 178 g/mol. The third-order valence-corrected chi connectivity index (χ3v) is 1.46. The van der Waals surface area contributed by atoms with Gasteiger partial charge in [-0.05, 0) is 13.1 Å². The number of hydrogen-bond acceptors (Lipinski definition) is 4. The van der Waals surface area contributed by atoms with E-state index in [4.69, 9.17) is 5.41 Å². The van der Waals surface area contributed by atoms with Crippen LogP contribution in [0.4, 0.5) is 5.82 Å². The molecule has 1 heterocycles. The first-order valence-corrected chi connectivity index (χ1v) is 3.68. The van der Waals surface area contributed by atoms with Crippen LogP contribution in [0.1, 0.15) is 11.4 Å². The summed E-state index contributed by atoms with van der Waals surface area (Å²) in [7, 11) is 0. The van der Waals surface area contributed by atoms with Crippen molar-refractivity contribution >= 4 is 12.0 Å². The summed E-state index contributed by atoms with van der Waals surface area (Å²) in [6.07, 6.45) is 2.37. The fraction of sp³-hybridized carbons (Fsp3) is 0.125. The van der Waals surface area contributed by atoms with Crippen LogP contribution in [0.5, 0.6) is 0 Å². The number of hydrogen-bond donors (Lipinski definition) is 3. The molecule has 0 spiro atoms. The second-order valence-corrected chi connectivity index (χ2v) is 2.41. The van der Waals surface area contributed by atoms with Crippen LogP contribution < -0.4 is 10.9 Å². The lowest BCUT2D eigenvalue weighted by molar-refractivity contribution is 1.02. The highest BCUT2D eigenvalue weighted by Gasteiger charge is 2.05. The molecule has 5 nitrogen and oxygen atoms in total. The van der Waals surface area contributed by atoms with E-state index in [1.807, 2.05) is 0 Å². The van der Waals surface area contributed by atoms with Crippen molar-refractivity contribution in [1.82, 2.24) is 9.97 Å². The largest absolute Gasteiger partial charge is 0.346 e. The number of aromatic amines is 1. The Morgan fingerprint density at radius 1 is 1.69 bits per heavy atom. The van der Waals surface area contributed by atoms with Crippen LogP contribution in [0, 0.1) is 12.3 Å². The van der Waals surface area contributed by atoms with Gasteiger partial charge in [-0.15, -0.1) is 0 Å². The lowest BCUT2D eigenvalue weighted by Crippen LogP contribution is -2.17. The fourth-order valence-electron chi connectivity index (χ4n) is 0.936. The summed E-state index contributed by atoms with van der Waals surface area (Å²) in [5.41, 5.74) is -0.127. The zero-order valence-electron chi connectivity index (χ0n) is 7.22. The first kappa shape index (κ1) is 9.18. The van der Waals surface area contributed by atoms with Crippen molar-refractivity contribution in [3.05, 3.63) is 34.5 Å². The molecule has 0 atom stereocenters. The van der Waals surface area contributed by atoms with E-state index in [0.29, 0.717) is 11.6 Å². The van der Waals surface area contributed by atoms with E-state index in [2.05, 4.69) is 21.9 Å². The molecule has 1 rings (SSSR count). The number of nitrogens with one attached hydrogen (secondary N) is 3. The zero-order valence-corrected chi connectivity index (χ0v) is 7.22. The Labute approximate surface area is 75.0 Å². The SMILES string of the molecule is C=CNc1nc(C)[nH]c(=O)c1C=N. The minimum atomic E-state index is -0.327. The lowest BCUT2D eigenvalue weighted by Gasteiger charge is -2.03. The normalized spacial score (nSPS) is 9.31. The predicted molar refractivity (Wildman–Crippen MR) is 51.3 cm³/mol. The summed E-state index contributed by atoms with van der Waals surface area (Å²) in [6.45, 7) is 5.12. The molecule has 1 aromatic heterocycles. The molecule has 0 aliphatic carbocycles. The predicted octanol–water partition coefficient (Wildman–Crippen LogP) is 0.631. The van der Waals surface area contributed by atoms with Gasteiger partial charge in [-0.1, -0.05) is 6.58 Å². The third-order valence-electron chi connectivity index (χ3n) is 1.46. The van der Waals surface area contributed by atoms with E-state index >= 15 is 0 Å². The quantitative estimate of drug-likeness (QED) is 0.594. The highest BCUT2D eigenvalue weighted by Crippen LogP contribution is 2.04. The maximum Gasteiger partial charge on any atom is 0.261 e. The molecule has 0 fully saturated rings. The average Bonchev–Trinajstić information content (AvgIpc) is 2.04. The highest BCUT2D eigenvalue weighted by molar-refractivity contribution is 5.83. The molecule has 0 aliphatic heterocycles. The van der Waals surface area contributed by atoms with Crippen molar-refractivity contribution in [2.45, 2.75) is 6.92 Å². The molecule has 68 valence electrons. The van der Waals surface area contributed by atoms with Gasteiger partial charge in [0, 0.05) is 6.21 Å². The van der Waals surface area contributed by atoms with E-state index in [0.717, 1.165) is 6.21 Å². The summed E-state index contributed by atoms with van der Waals surface area (Å²) in [6, 6.07) is 0. The molecule has 0 radical (unpaired) electrons. The van der Waals surface area contributed by atoms with Gasteiger partial charge >= 0.3 is 0 Å². The molecule has 0 saturated heterocycles. The summed E-state index contributed by atoms with van der Waals surface area (Å²) >= 11 is 0. The summed E-state index contributed by atoms with van der Waals surface area (Å²) in [5.74, 6) is 0.853. The number of aryl methyl sites for hydroxylation is 1. The first-order chi connectivity index (χ1) is 6.19. The van der Waals surface area contributed by atoms with Crippen molar-refractivity contribution in [2.75, 3.05) is 5.32 Å². The van der Waals surface area contributed by atoms with Crippen molar-refractivity contribution in [3.63, 3.8) is 0 Å². The van der Waals surface area contributed by atoms with Gasteiger partial charge in [0.25, 0.3) is 5.56 Å². The van der Waals surface area contributed by atoms with Gasteiger partial charge in [-0.25, -0.2) is 4.98 Å². The van der Waals surface area contributed by atoms with Gasteiger partial charge in [0.1, 0.15) is 11.6 Å². The van der Waals surface area contributed by atoms with Gasteiger partial charge in [0.15, 0.2) is 0 Å². The second kappa shape index (κ2) is 3.66. The molecule has 0 aromatic carbocycles. The molecule has 0 saturated carbocycles. The van der Waals surface area contributed by atoms with Crippen molar-refractivity contribution in [2.24, 2.45) is 0 Å². The van der Waals surface area contributed by atoms with Crippen LogP contribution in [0.25, 0.3) is 0 Å². The Bertz CT molecular complexity index is 394. The molecule has 0 aliphatic rings. The standard InChI is InChI=1S/C8H10N4O/c1-3-10-7-6(4-9)8(13)12-5(2)11-7/h3-4,9H,1H2,2H3,(H2,10,11,12,13). The Morgan fingerprint density at radius 2 is 2.38 bits per heavy atom. The molecule has 0 unspecified atom stereocenters. The number of nitrogens with zero attached hydrogens (tertiary/aromatic N) is 1. The second-order valence-electron chi connectivity index (χ2n) is 2.41. The minimum absolute atomic E-state index is 0.200. The van der Waals surface area contributed by atoms with E-state index in [-0.39, 0.29) is 11.1 Å². The lowest BCUT2D eigenvalue weighted by atomic mass is 10.3. The van der Waals surface area contributed by atoms with Crippen LogP contribution in [0.15, 0.2) is 17.6 Å². The molecule has 1 aromatic rings. The van der Waals surface area contributed by atoms with Gasteiger partial charge in [0.05, 0.1) is 5.56 Å². The molecule has 0 amide bonds. The molecular formula is C8H10N4O. The summed E-state index contributed by atoms with van der Waals surface area (Å²) in [4.78, 5) is 17.7. The number of H-pyrrole nitrogens is 1. The van der Waals surface area contributed by atoms with E-state index in [1.54, 1.807) is 6.92 Å². The van der Waals surface area contributed by atoms with E-state index in [1.165, 1.54) is 6.20 Å². The number of aromatic nitrogens is 2. The maximum atomic E-state index is 11.2. The van der Waals surface area contributed by atoms with Gasteiger partial charge in [0.2, 0.25) is 0 Å². The molecule has 0 bridgehead atoms. The molecule has 3 N–H and O–H groups in total. The van der Waals surface area contributed by atoms with Crippen LogP contribution in [-0.4, -0.2) is 16.2 Å². The van der Waals surface area contributed by atoms with E-state index < -0.39 is 0 Å². The van der Waals surface area contributed by atoms with Crippen LogP contribution >= 0.6 is 0 Å². The maximum absolute atomic E-state index is 11.2. The van der Waals surface area contributed by atoms with Crippen LogP contribution in [-0.2, 0) is 0 Å². The third kappa shape index (κ3) is 1.81. The summed E-state index contributed by atoms with van der Waals surface area (Å²) < 4.78 is 0. The van der Waals surface area contributed by atoms with Gasteiger partial charge < -0.3 is 15.7 Å². The molecule has 5 heteroatoms. The Kier molecular flexibility index (Phi) is 2.59. The molecule has 13 heavy (non-hydrogen) atoms. The van der Waals surface area contributed by atoms with E-state index in [9.17, 15) is 4.79 Å². The number of rotatable bonds is 3. The topological polar surface area (TPSA) is 81.6 Å². The Balaban J connectivity index is 3.37. The molecular weight excluding hydrogens is 168 g/mol. The first-order valence-electron chi connectivity index (χ1n) is 3.68. The van der Waals surface area contributed by atoms with Crippen molar-refractivity contribution < 1.29 is 0 Å². The Morgan fingerprint density at radius 3 is 2.92 bits per heavy atom. The van der Waals surface area contributed by atoms with Crippen molar-refractivity contribution in [1.29, 1.82) is 5.41 Å². The summed E-state index contributed by atoms with van der Waals surface area (Å²) in [5, 5.41) is 9.71. The highest BCUT2D eigenvalue weighted by atomic mass is 16.1. The van der Waals surface area contributed by atoms with Gasteiger partial charge in [-0.2, -0.15) is 0 Å². The average molecular weight is 178 g/mol. The van der Waals surface area contributed by atoms with Crippen LogP contribution in [0.3, 0.4) is 0 Å². The van der Waals surface area contributed by atoms with Crippen LogP contribution in [0.2, 0.25) is 0 Å². The zero-order chi connectivity index (χ0) is 9.84. The Hall–Kier alpha value is -1.91. The van der Waals surface area contributed by atoms with Gasteiger partial charge in [-0.3, -0.25) is 4.79 Å². The van der Waals surface area contributed by atoms with Crippen molar-refractivity contribution in [3.8, 4) is 0 Å².